The number of piperidine rings is 1. The predicted molar refractivity (Wildman–Crippen MR) is 110 cm³/mol. The van der Waals surface area contributed by atoms with Crippen molar-refractivity contribution < 1.29 is 9.53 Å². The van der Waals surface area contributed by atoms with Gasteiger partial charge in [0.2, 0.25) is 5.91 Å². The van der Waals surface area contributed by atoms with Gasteiger partial charge in [-0.3, -0.25) is 4.79 Å². The van der Waals surface area contributed by atoms with Gasteiger partial charge in [-0.15, -0.1) is 17.9 Å². The number of thiazole rings is 1. The number of nitrogens with one attached hydrogen (secondary N) is 1. The number of carbonyl (C=O) groups excluding carboxylic acids is 1. The number of likely N-dealkylation sites (tertiary alicyclic amines) is 1. The molecule has 5 nitrogen and oxygen atoms in total. The maximum atomic E-state index is 12.5. The number of aromatic nitrogens is 1. The Balaban J connectivity index is 1.58. The highest BCUT2D eigenvalue weighted by Gasteiger charge is 2.24. The van der Waals surface area contributed by atoms with Crippen LogP contribution in [0.25, 0.3) is 10.2 Å². The molecular weight excluding hydrogens is 366 g/mol. The third-order valence-corrected chi connectivity index (χ3v) is 6.45. The van der Waals surface area contributed by atoms with E-state index in [1.54, 1.807) is 29.2 Å². The van der Waals surface area contributed by atoms with Crippen LogP contribution in [0.5, 0.6) is 0 Å². The Hall–Kier alpha value is -1.41. The van der Waals surface area contributed by atoms with Crippen LogP contribution in [0, 0.1) is 5.92 Å². The van der Waals surface area contributed by atoms with Gasteiger partial charge in [-0.25, -0.2) is 4.98 Å². The molecule has 1 aliphatic rings. The van der Waals surface area contributed by atoms with Crippen LogP contribution in [0.2, 0.25) is 0 Å². The van der Waals surface area contributed by atoms with Crippen LogP contribution in [0.15, 0.2) is 35.2 Å². The van der Waals surface area contributed by atoms with E-state index in [1.807, 2.05) is 18.2 Å². The summed E-state index contributed by atoms with van der Waals surface area (Å²) in [5.74, 6) is 1.06. The van der Waals surface area contributed by atoms with E-state index in [0.717, 1.165) is 51.9 Å². The topological polar surface area (TPSA) is 54.5 Å². The molecule has 1 unspecified atom stereocenters. The quantitative estimate of drug-likeness (QED) is 0.421. The number of fused-ring (bicyclic) bond motifs is 1. The zero-order valence-corrected chi connectivity index (χ0v) is 16.7. The van der Waals surface area contributed by atoms with Crippen LogP contribution in [0.3, 0.4) is 0 Å². The Bertz CT molecular complexity index is 762. The summed E-state index contributed by atoms with van der Waals surface area (Å²) in [6, 6.07) is 5.94. The molecule has 1 aliphatic heterocycles. The van der Waals surface area contributed by atoms with Crippen LogP contribution in [-0.2, 0) is 9.53 Å². The van der Waals surface area contributed by atoms with Crippen LogP contribution >= 0.6 is 23.1 Å². The summed E-state index contributed by atoms with van der Waals surface area (Å²) in [6.07, 6.45) is 3.80. The fraction of sp³-hybridized carbons (Fsp3) is 0.474. The summed E-state index contributed by atoms with van der Waals surface area (Å²) in [5, 5.41) is 3.08. The van der Waals surface area contributed by atoms with E-state index >= 15 is 0 Å². The lowest BCUT2D eigenvalue weighted by Gasteiger charge is -2.28. The van der Waals surface area contributed by atoms with Gasteiger partial charge in [0.25, 0.3) is 0 Å². The average molecular weight is 392 g/mol. The molecule has 1 amide bonds. The van der Waals surface area contributed by atoms with Gasteiger partial charge in [0, 0.05) is 18.0 Å². The molecule has 0 aliphatic carbocycles. The molecule has 0 bridgehead atoms. The van der Waals surface area contributed by atoms with E-state index in [0.29, 0.717) is 13.2 Å². The number of hydrogen-bond donors (Lipinski definition) is 1. The molecule has 0 saturated carbocycles. The van der Waals surface area contributed by atoms with Crippen molar-refractivity contribution in [3.05, 3.63) is 30.9 Å². The van der Waals surface area contributed by atoms with Crippen molar-refractivity contribution in [2.24, 2.45) is 5.92 Å². The van der Waals surface area contributed by atoms with Crippen LogP contribution in [0.4, 0.5) is 5.69 Å². The Morgan fingerprint density at radius 1 is 1.58 bits per heavy atom. The smallest absolute Gasteiger partial charge is 0.228 e. The first-order valence-corrected chi connectivity index (χ1v) is 10.7. The number of carbonyl (C=O) groups is 1. The minimum atomic E-state index is 0.0765. The summed E-state index contributed by atoms with van der Waals surface area (Å²) >= 11 is 3.35. The van der Waals surface area contributed by atoms with Gasteiger partial charge in [0.1, 0.15) is 0 Å². The lowest BCUT2D eigenvalue weighted by atomic mass is 9.97. The first kappa shape index (κ1) is 19.4. The standard InChI is InChI=1S/C19H25N3O2S2/c1-3-9-24-10-11-25-19-21-16-7-6-15(12-17(16)26-19)20-18(23)14-5-4-8-22(2)13-14/h3,6-7,12,14H,1,4-5,8-11,13H2,2H3,(H,20,23). The van der Waals surface area contributed by atoms with E-state index < -0.39 is 0 Å². The van der Waals surface area contributed by atoms with Gasteiger partial charge in [-0.1, -0.05) is 17.8 Å². The predicted octanol–water partition coefficient (Wildman–Crippen LogP) is 3.87. The summed E-state index contributed by atoms with van der Waals surface area (Å²) in [7, 11) is 2.07. The minimum absolute atomic E-state index is 0.0765. The number of rotatable bonds is 8. The van der Waals surface area contributed by atoms with E-state index in [9.17, 15) is 4.79 Å². The molecule has 1 fully saturated rings. The number of thioether (sulfide) groups is 1. The third kappa shape index (κ3) is 5.30. The average Bonchev–Trinajstić information content (AvgIpc) is 3.03. The van der Waals surface area contributed by atoms with Crippen LogP contribution in [0.1, 0.15) is 12.8 Å². The molecule has 1 atom stereocenters. The van der Waals surface area contributed by atoms with Gasteiger partial charge in [0.15, 0.2) is 4.34 Å². The molecule has 140 valence electrons. The van der Waals surface area contributed by atoms with Gasteiger partial charge in [-0.05, 0) is 44.6 Å². The molecule has 0 spiro atoms. The molecule has 7 heteroatoms. The molecule has 26 heavy (non-hydrogen) atoms. The fourth-order valence-corrected chi connectivity index (χ4v) is 5.05. The maximum Gasteiger partial charge on any atom is 0.228 e. The second kappa shape index (κ2) is 9.50. The number of hydrogen-bond acceptors (Lipinski definition) is 6. The van der Waals surface area contributed by atoms with Gasteiger partial charge < -0.3 is 15.0 Å². The highest BCUT2D eigenvalue weighted by Crippen LogP contribution is 2.31. The molecular formula is C19H25N3O2S2. The molecule has 2 heterocycles. The lowest BCUT2D eigenvalue weighted by molar-refractivity contribution is -0.121. The Kier molecular flexibility index (Phi) is 7.07. The normalized spacial score (nSPS) is 18.1. The first-order chi connectivity index (χ1) is 12.7. The van der Waals surface area contributed by atoms with E-state index in [1.165, 1.54) is 0 Å². The second-order valence-electron chi connectivity index (χ2n) is 6.46. The second-order valence-corrected chi connectivity index (χ2v) is 8.84. The number of ether oxygens (including phenoxy) is 1. The molecule has 1 saturated heterocycles. The van der Waals surface area contributed by atoms with Gasteiger partial charge in [0.05, 0.1) is 29.3 Å². The number of amides is 1. The third-order valence-electron chi connectivity index (χ3n) is 4.32. The van der Waals surface area contributed by atoms with Crippen molar-refractivity contribution in [2.45, 2.75) is 17.2 Å². The van der Waals surface area contributed by atoms with Crippen molar-refractivity contribution in [2.75, 3.05) is 44.4 Å². The lowest BCUT2D eigenvalue weighted by Crippen LogP contribution is -2.38. The highest BCUT2D eigenvalue weighted by molar-refractivity contribution is 8.01. The summed E-state index contributed by atoms with van der Waals surface area (Å²) in [6.45, 7) is 6.82. The molecule has 1 N–H and O–H groups in total. The Morgan fingerprint density at radius 3 is 3.27 bits per heavy atom. The minimum Gasteiger partial charge on any atom is -0.377 e. The zero-order valence-electron chi connectivity index (χ0n) is 15.1. The van der Waals surface area contributed by atoms with Crippen LogP contribution < -0.4 is 5.32 Å². The van der Waals surface area contributed by atoms with E-state index in [-0.39, 0.29) is 11.8 Å². The van der Waals surface area contributed by atoms with Crippen molar-refractivity contribution in [3.8, 4) is 0 Å². The molecule has 1 aromatic heterocycles. The molecule has 0 radical (unpaired) electrons. The number of anilines is 1. The monoisotopic (exact) mass is 391 g/mol. The molecule has 3 rings (SSSR count). The van der Waals surface area contributed by atoms with E-state index in [4.69, 9.17) is 4.74 Å². The van der Waals surface area contributed by atoms with Crippen LogP contribution in [-0.4, -0.2) is 54.9 Å². The van der Waals surface area contributed by atoms with Crippen molar-refractivity contribution in [1.29, 1.82) is 0 Å². The Labute approximate surface area is 162 Å². The highest BCUT2D eigenvalue weighted by atomic mass is 32.2. The fourth-order valence-electron chi connectivity index (χ4n) is 3.02. The molecule has 1 aromatic carbocycles. The number of nitrogens with zero attached hydrogens (tertiary/aromatic N) is 2. The summed E-state index contributed by atoms with van der Waals surface area (Å²) in [5.41, 5.74) is 1.82. The SMILES string of the molecule is C=CCOCCSc1nc2ccc(NC(=O)C3CCCN(C)C3)cc2s1. The largest absolute Gasteiger partial charge is 0.377 e. The Morgan fingerprint density at radius 2 is 2.46 bits per heavy atom. The maximum absolute atomic E-state index is 12.5. The summed E-state index contributed by atoms with van der Waals surface area (Å²) in [4.78, 5) is 19.4. The van der Waals surface area contributed by atoms with Gasteiger partial charge >= 0.3 is 0 Å². The summed E-state index contributed by atoms with van der Waals surface area (Å²) < 4.78 is 7.52. The van der Waals surface area contributed by atoms with Gasteiger partial charge in [-0.2, -0.15) is 0 Å². The van der Waals surface area contributed by atoms with E-state index in [2.05, 4.69) is 28.8 Å². The zero-order chi connectivity index (χ0) is 18.4. The van der Waals surface area contributed by atoms with Crippen molar-refractivity contribution >= 4 is 44.9 Å². The molecule has 2 aromatic rings. The van der Waals surface area contributed by atoms with Crippen molar-refractivity contribution in [1.82, 2.24) is 9.88 Å². The number of benzene rings is 1. The van der Waals surface area contributed by atoms with Crippen molar-refractivity contribution in [3.63, 3.8) is 0 Å². The first-order valence-electron chi connectivity index (χ1n) is 8.87.